The number of rotatable bonds is 6. The summed E-state index contributed by atoms with van der Waals surface area (Å²) >= 11 is 11.8. The van der Waals surface area contributed by atoms with Gasteiger partial charge in [-0.25, -0.2) is 5.43 Å². The molecule has 0 fully saturated rings. The van der Waals surface area contributed by atoms with Crippen molar-refractivity contribution in [2.24, 2.45) is 5.10 Å². The van der Waals surface area contributed by atoms with Crippen LogP contribution in [-0.2, 0) is 6.61 Å². The van der Waals surface area contributed by atoms with Crippen LogP contribution in [0.5, 0.6) is 5.75 Å². The lowest BCUT2D eigenvalue weighted by Crippen LogP contribution is -2.18. The Morgan fingerprint density at radius 3 is 2.52 bits per heavy atom. The molecule has 0 saturated heterocycles. The number of hydrogen-bond acceptors (Lipinski definition) is 3. The zero-order valence-corrected chi connectivity index (χ0v) is 15.7. The predicted molar refractivity (Wildman–Crippen MR) is 109 cm³/mol. The molecule has 0 saturated carbocycles. The van der Waals surface area contributed by atoms with E-state index in [1.54, 1.807) is 42.5 Å². The van der Waals surface area contributed by atoms with E-state index in [2.05, 4.69) is 10.5 Å². The number of hydrazone groups is 1. The first-order valence-electron chi connectivity index (χ1n) is 8.17. The van der Waals surface area contributed by atoms with Gasteiger partial charge in [0.1, 0.15) is 12.4 Å². The van der Waals surface area contributed by atoms with Crippen LogP contribution in [0.1, 0.15) is 21.5 Å². The molecule has 3 aromatic rings. The molecule has 0 atom stereocenters. The zero-order valence-electron chi connectivity index (χ0n) is 14.2. The molecule has 0 aliphatic carbocycles. The van der Waals surface area contributed by atoms with Gasteiger partial charge >= 0.3 is 0 Å². The van der Waals surface area contributed by atoms with Gasteiger partial charge in [0, 0.05) is 10.0 Å². The Kier molecular flexibility index (Phi) is 6.47. The number of hydrogen-bond donors (Lipinski definition) is 1. The van der Waals surface area contributed by atoms with Gasteiger partial charge in [-0.1, -0.05) is 59.6 Å². The number of ether oxygens (including phenoxy) is 1. The van der Waals surface area contributed by atoms with Crippen LogP contribution < -0.4 is 10.2 Å². The lowest BCUT2D eigenvalue weighted by Gasteiger charge is -2.10. The van der Waals surface area contributed by atoms with Gasteiger partial charge in [-0.15, -0.1) is 0 Å². The second-order valence-electron chi connectivity index (χ2n) is 5.67. The molecule has 0 radical (unpaired) electrons. The number of nitrogens with one attached hydrogen (secondary N) is 1. The first-order chi connectivity index (χ1) is 13.1. The number of nitrogens with zero attached hydrogens (tertiary/aromatic N) is 1. The van der Waals surface area contributed by atoms with Crippen LogP contribution in [0.15, 0.2) is 77.9 Å². The van der Waals surface area contributed by atoms with Crippen molar-refractivity contribution >= 4 is 35.3 Å². The lowest BCUT2D eigenvalue weighted by atomic mass is 10.2. The Hall–Kier alpha value is -2.82. The highest BCUT2D eigenvalue weighted by atomic mass is 35.5. The summed E-state index contributed by atoms with van der Waals surface area (Å²) in [5, 5.41) is 5.24. The molecule has 0 aromatic heterocycles. The van der Waals surface area contributed by atoms with E-state index in [0.717, 1.165) is 11.1 Å². The molecular weight excluding hydrogens is 383 g/mol. The molecule has 0 heterocycles. The average molecular weight is 399 g/mol. The van der Waals surface area contributed by atoms with Crippen LogP contribution in [0, 0.1) is 0 Å². The van der Waals surface area contributed by atoms with Crippen molar-refractivity contribution < 1.29 is 9.53 Å². The van der Waals surface area contributed by atoms with E-state index < -0.39 is 0 Å². The van der Waals surface area contributed by atoms with Gasteiger partial charge < -0.3 is 4.74 Å². The van der Waals surface area contributed by atoms with Crippen molar-refractivity contribution in [1.82, 2.24) is 5.43 Å². The molecule has 1 amide bonds. The summed E-state index contributed by atoms with van der Waals surface area (Å²) < 4.78 is 5.79. The highest BCUT2D eigenvalue weighted by Gasteiger charge is 2.11. The molecule has 0 bridgehead atoms. The minimum absolute atomic E-state index is 0.327. The van der Waals surface area contributed by atoms with Crippen LogP contribution in [0.25, 0.3) is 0 Å². The van der Waals surface area contributed by atoms with Gasteiger partial charge in [-0.05, 0) is 47.5 Å². The standard InChI is InChI=1S/C21H16Cl2N2O2/c22-17-10-8-15(9-11-17)14-27-20-7-2-1-6-19(20)21(26)25-24-13-16-4-3-5-18(23)12-16/h1-13H,14H2,(H,25,26)/b24-13+. The maximum absolute atomic E-state index is 12.4. The predicted octanol–water partition coefficient (Wildman–Crippen LogP) is 5.34. The Morgan fingerprint density at radius 2 is 1.74 bits per heavy atom. The lowest BCUT2D eigenvalue weighted by molar-refractivity contribution is 0.0950. The fourth-order valence-electron chi connectivity index (χ4n) is 2.33. The van der Waals surface area contributed by atoms with Gasteiger partial charge in [0.2, 0.25) is 0 Å². The van der Waals surface area contributed by atoms with Gasteiger partial charge in [0.25, 0.3) is 5.91 Å². The first kappa shape index (κ1) is 19.0. The van der Waals surface area contributed by atoms with Crippen LogP contribution >= 0.6 is 23.2 Å². The fraction of sp³-hybridized carbons (Fsp3) is 0.0476. The highest BCUT2D eigenvalue weighted by molar-refractivity contribution is 6.31. The average Bonchev–Trinajstić information content (AvgIpc) is 2.68. The Labute approximate surface area is 167 Å². The molecule has 0 aliphatic rings. The molecule has 1 N–H and O–H groups in total. The number of amides is 1. The van der Waals surface area contributed by atoms with E-state index in [4.69, 9.17) is 27.9 Å². The van der Waals surface area contributed by atoms with E-state index in [9.17, 15) is 4.79 Å². The summed E-state index contributed by atoms with van der Waals surface area (Å²) in [6, 6.07) is 21.5. The third-order valence-corrected chi connectivity index (χ3v) is 4.15. The summed E-state index contributed by atoms with van der Waals surface area (Å²) in [6.45, 7) is 0.327. The summed E-state index contributed by atoms with van der Waals surface area (Å²) in [5.41, 5.74) is 4.64. The largest absolute Gasteiger partial charge is 0.488 e. The van der Waals surface area contributed by atoms with Crippen LogP contribution in [0.3, 0.4) is 0 Å². The minimum Gasteiger partial charge on any atom is -0.488 e. The Bertz CT molecular complexity index is 956. The molecule has 3 rings (SSSR count). The van der Waals surface area contributed by atoms with E-state index in [1.165, 1.54) is 6.21 Å². The third-order valence-electron chi connectivity index (χ3n) is 3.67. The Balaban J connectivity index is 1.65. The molecule has 0 unspecified atom stereocenters. The monoisotopic (exact) mass is 398 g/mol. The zero-order chi connectivity index (χ0) is 19.1. The van der Waals surface area contributed by atoms with Crippen molar-refractivity contribution in [3.8, 4) is 5.75 Å². The summed E-state index contributed by atoms with van der Waals surface area (Å²) in [5.74, 6) is 0.114. The quantitative estimate of drug-likeness (QED) is 0.450. The van der Waals surface area contributed by atoms with Crippen molar-refractivity contribution in [2.75, 3.05) is 0 Å². The fourth-order valence-corrected chi connectivity index (χ4v) is 2.66. The number of benzene rings is 3. The molecule has 136 valence electrons. The van der Waals surface area contributed by atoms with Gasteiger partial charge in [0.05, 0.1) is 11.8 Å². The van der Waals surface area contributed by atoms with Crippen molar-refractivity contribution in [1.29, 1.82) is 0 Å². The molecular formula is C21H16Cl2N2O2. The van der Waals surface area contributed by atoms with Crippen LogP contribution in [0.4, 0.5) is 0 Å². The van der Waals surface area contributed by atoms with Crippen molar-refractivity contribution in [2.45, 2.75) is 6.61 Å². The van der Waals surface area contributed by atoms with Crippen LogP contribution in [-0.4, -0.2) is 12.1 Å². The SMILES string of the molecule is O=C(N/N=C/c1cccc(Cl)c1)c1ccccc1OCc1ccc(Cl)cc1. The van der Waals surface area contributed by atoms with E-state index >= 15 is 0 Å². The smallest absolute Gasteiger partial charge is 0.275 e. The maximum atomic E-state index is 12.4. The van der Waals surface area contributed by atoms with Gasteiger partial charge in [0.15, 0.2) is 0 Å². The van der Waals surface area contributed by atoms with Gasteiger partial charge in [-0.3, -0.25) is 4.79 Å². The molecule has 0 aliphatic heterocycles. The molecule has 4 nitrogen and oxygen atoms in total. The number of carbonyl (C=O) groups is 1. The maximum Gasteiger partial charge on any atom is 0.275 e. The topological polar surface area (TPSA) is 50.7 Å². The van der Waals surface area contributed by atoms with Gasteiger partial charge in [-0.2, -0.15) is 5.10 Å². The summed E-state index contributed by atoms with van der Waals surface area (Å²) in [6.07, 6.45) is 1.53. The molecule has 6 heteroatoms. The molecule has 0 spiro atoms. The van der Waals surface area contributed by atoms with E-state index in [1.807, 2.05) is 30.3 Å². The number of para-hydroxylation sites is 1. The second kappa shape index (κ2) is 9.21. The highest BCUT2D eigenvalue weighted by Crippen LogP contribution is 2.20. The first-order valence-corrected chi connectivity index (χ1v) is 8.92. The summed E-state index contributed by atoms with van der Waals surface area (Å²) in [4.78, 5) is 12.4. The van der Waals surface area contributed by atoms with Crippen molar-refractivity contribution in [3.05, 3.63) is 99.5 Å². The Morgan fingerprint density at radius 1 is 0.963 bits per heavy atom. The second-order valence-corrected chi connectivity index (χ2v) is 6.54. The normalized spacial score (nSPS) is 10.7. The van der Waals surface area contributed by atoms with E-state index in [-0.39, 0.29) is 5.91 Å². The summed E-state index contributed by atoms with van der Waals surface area (Å²) in [7, 11) is 0. The minimum atomic E-state index is -0.361. The third kappa shape index (κ3) is 5.58. The van der Waals surface area contributed by atoms with Crippen molar-refractivity contribution in [3.63, 3.8) is 0 Å². The van der Waals surface area contributed by atoms with Crippen LogP contribution in [0.2, 0.25) is 10.0 Å². The number of halogens is 2. The van der Waals surface area contributed by atoms with E-state index in [0.29, 0.717) is 28.0 Å². The molecule has 3 aromatic carbocycles. The molecule has 27 heavy (non-hydrogen) atoms. The number of carbonyl (C=O) groups excluding carboxylic acids is 1.